The molecule has 126 valence electrons. The summed E-state index contributed by atoms with van der Waals surface area (Å²) >= 11 is 6.52. The van der Waals surface area contributed by atoms with Gasteiger partial charge in [0.25, 0.3) is 5.56 Å². The van der Waals surface area contributed by atoms with Gasteiger partial charge in [-0.3, -0.25) is 9.36 Å². The fraction of sp³-hybridized carbons (Fsp3) is 0.118. The number of allylic oxidation sites excluding steroid dienone is 2. The maximum absolute atomic E-state index is 11.9. The van der Waals surface area contributed by atoms with Crippen molar-refractivity contribution in [3.63, 3.8) is 0 Å². The molecule has 0 aromatic carbocycles. The van der Waals surface area contributed by atoms with Gasteiger partial charge in [0.15, 0.2) is 5.75 Å². The number of nitrogens with zero attached hydrogens (tertiary/aromatic N) is 3. The Kier molecular flexibility index (Phi) is 3.58. The number of dihydropyridines is 1. The van der Waals surface area contributed by atoms with Crippen molar-refractivity contribution in [1.82, 2.24) is 24.8 Å². The van der Waals surface area contributed by atoms with E-state index in [0.29, 0.717) is 17.4 Å². The Balaban J connectivity index is 1.82. The third-order valence-electron chi connectivity index (χ3n) is 4.13. The monoisotopic (exact) mass is 355 g/mol. The van der Waals surface area contributed by atoms with Gasteiger partial charge in [-0.15, -0.1) is 0 Å². The van der Waals surface area contributed by atoms with E-state index in [1.807, 2.05) is 18.2 Å². The summed E-state index contributed by atoms with van der Waals surface area (Å²) in [4.78, 5) is 23.5. The highest BCUT2D eigenvalue weighted by molar-refractivity contribution is 6.37. The second kappa shape index (κ2) is 5.78. The van der Waals surface area contributed by atoms with Crippen LogP contribution in [0, 0.1) is 0 Å². The lowest BCUT2D eigenvalue weighted by Crippen LogP contribution is -2.23. The zero-order valence-electron chi connectivity index (χ0n) is 13.2. The van der Waals surface area contributed by atoms with Gasteiger partial charge < -0.3 is 15.4 Å². The van der Waals surface area contributed by atoms with Gasteiger partial charge in [-0.1, -0.05) is 17.7 Å². The van der Waals surface area contributed by atoms with Crippen LogP contribution in [-0.4, -0.2) is 31.2 Å². The molecule has 0 atom stereocenters. The van der Waals surface area contributed by atoms with Crippen LogP contribution in [0.1, 0.15) is 11.4 Å². The van der Waals surface area contributed by atoms with E-state index < -0.39 is 5.56 Å². The summed E-state index contributed by atoms with van der Waals surface area (Å²) in [5, 5.41) is 14.2. The predicted molar refractivity (Wildman–Crippen MR) is 96.2 cm³/mol. The standard InChI is InChI=1S/C17H14ClN5O2/c1-23-16(22-8-13(24)17(23)25)9-2-4-19-12(6-9)11-7-21-15-10(14(11)18)3-5-20-15/h2-3,5-8,19,24H,4H2,1H3,(H,20,21). The number of halogens is 1. The van der Waals surface area contributed by atoms with Gasteiger partial charge in [-0.25, -0.2) is 9.97 Å². The van der Waals surface area contributed by atoms with Crippen molar-refractivity contribution >= 4 is 33.9 Å². The molecule has 0 saturated heterocycles. The van der Waals surface area contributed by atoms with Gasteiger partial charge in [-0.05, 0) is 12.1 Å². The molecule has 4 heterocycles. The summed E-state index contributed by atoms with van der Waals surface area (Å²) in [6.07, 6.45) is 8.43. The number of hydrogen-bond donors (Lipinski definition) is 3. The molecule has 0 unspecified atom stereocenters. The van der Waals surface area contributed by atoms with E-state index in [0.717, 1.165) is 34.1 Å². The van der Waals surface area contributed by atoms with Gasteiger partial charge in [0.05, 0.1) is 11.2 Å². The molecule has 1 aliphatic heterocycles. The largest absolute Gasteiger partial charge is 0.502 e. The topological polar surface area (TPSA) is 95.8 Å². The maximum atomic E-state index is 11.9. The number of pyridine rings is 1. The van der Waals surface area contributed by atoms with E-state index in [1.165, 1.54) is 4.57 Å². The molecule has 8 heteroatoms. The first kappa shape index (κ1) is 15.5. The number of rotatable bonds is 2. The van der Waals surface area contributed by atoms with E-state index in [-0.39, 0.29) is 5.75 Å². The molecule has 0 fully saturated rings. The van der Waals surface area contributed by atoms with Crippen molar-refractivity contribution in [2.45, 2.75) is 0 Å². The van der Waals surface area contributed by atoms with Gasteiger partial charge in [0.2, 0.25) is 0 Å². The van der Waals surface area contributed by atoms with Crippen LogP contribution in [-0.2, 0) is 7.05 Å². The minimum absolute atomic E-state index is 0.379. The van der Waals surface area contributed by atoms with Gasteiger partial charge in [-0.2, -0.15) is 0 Å². The van der Waals surface area contributed by atoms with E-state index in [2.05, 4.69) is 20.3 Å². The number of hydrogen-bond acceptors (Lipinski definition) is 5. The number of aromatic hydroxyl groups is 1. The summed E-state index contributed by atoms with van der Waals surface area (Å²) in [6.45, 7) is 0.555. The van der Waals surface area contributed by atoms with Crippen molar-refractivity contribution in [3.8, 4) is 5.75 Å². The molecule has 0 radical (unpaired) electrons. The van der Waals surface area contributed by atoms with Crippen molar-refractivity contribution in [2.75, 3.05) is 6.54 Å². The molecule has 0 amide bonds. The third-order valence-corrected chi connectivity index (χ3v) is 4.54. The molecule has 4 rings (SSSR count). The average Bonchev–Trinajstić information content (AvgIpc) is 3.10. The van der Waals surface area contributed by atoms with Gasteiger partial charge in [0, 0.05) is 48.2 Å². The molecule has 3 N–H and O–H groups in total. The summed E-state index contributed by atoms with van der Waals surface area (Å²) in [5.41, 5.74) is 2.55. The Morgan fingerprint density at radius 1 is 1.32 bits per heavy atom. The molecular weight excluding hydrogens is 342 g/mol. The minimum Gasteiger partial charge on any atom is -0.502 e. The SMILES string of the molecule is Cn1c(C2=CCNC(c3cnc4[nH]ccc4c3Cl)=C2)ncc(O)c1=O. The predicted octanol–water partition coefficient (Wildman–Crippen LogP) is 2.04. The molecule has 3 aromatic heterocycles. The van der Waals surface area contributed by atoms with E-state index in [4.69, 9.17) is 11.6 Å². The van der Waals surface area contributed by atoms with Crippen LogP contribution in [0.3, 0.4) is 0 Å². The van der Waals surface area contributed by atoms with Gasteiger partial charge >= 0.3 is 0 Å². The zero-order chi connectivity index (χ0) is 17.6. The highest BCUT2D eigenvalue weighted by atomic mass is 35.5. The minimum atomic E-state index is -0.493. The molecule has 7 nitrogen and oxygen atoms in total. The Bertz CT molecular complexity index is 1110. The number of aromatic nitrogens is 4. The maximum Gasteiger partial charge on any atom is 0.295 e. The van der Waals surface area contributed by atoms with Crippen LogP contribution >= 0.6 is 11.6 Å². The summed E-state index contributed by atoms with van der Waals surface area (Å²) in [5.74, 6) is 0.0868. The highest BCUT2D eigenvalue weighted by Gasteiger charge is 2.17. The fourth-order valence-corrected chi connectivity index (χ4v) is 3.13. The molecule has 0 saturated carbocycles. The van der Waals surface area contributed by atoms with E-state index >= 15 is 0 Å². The first-order chi connectivity index (χ1) is 12.1. The third kappa shape index (κ3) is 2.49. The van der Waals surface area contributed by atoms with E-state index in [1.54, 1.807) is 19.4 Å². The normalized spacial score (nSPS) is 14.2. The number of H-pyrrole nitrogens is 1. The van der Waals surface area contributed by atoms with E-state index in [9.17, 15) is 9.90 Å². The summed E-state index contributed by atoms with van der Waals surface area (Å²) in [6, 6.07) is 1.87. The molecule has 0 bridgehead atoms. The summed E-state index contributed by atoms with van der Waals surface area (Å²) in [7, 11) is 1.57. The molecule has 3 aromatic rings. The zero-order valence-corrected chi connectivity index (χ0v) is 14.0. The lowest BCUT2D eigenvalue weighted by molar-refractivity contribution is 0.456. The van der Waals surface area contributed by atoms with Crippen molar-refractivity contribution < 1.29 is 5.11 Å². The van der Waals surface area contributed by atoms with Crippen molar-refractivity contribution in [3.05, 3.63) is 63.6 Å². The average molecular weight is 356 g/mol. The molecule has 1 aliphatic rings. The number of aromatic amines is 1. The first-order valence-corrected chi connectivity index (χ1v) is 7.97. The molecule has 25 heavy (non-hydrogen) atoms. The lowest BCUT2D eigenvalue weighted by atomic mass is 10.1. The highest BCUT2D eigenvalue weighted by Crippen LogP contribution is 2.31. The quantitative estimate of drug-likeness (QED) is 0.653. The summed E-state index contributed by atoms with van der Waals surface area (Å²) < 4.78 is 1.32. The van der Waals surface area contributed by atoms with Crippen LogP contribution in [0.4, 0.5) is 0 Å². The second-order valence-corrected chi connectivity index (χ2v) is 6.03. The fourth-order valence-electron chi connectivity index (χ4n) is 2.83. The Hall–Kier alpha value is -3.06. The number of nitrogens with one attached hydrogen (secondary N) is 2. The Morgan fingerprint density at radius 3 is 3.00 bits per heavy atom. The lowest BCUT2D eigenvalue weighted by Gasteiger charge is -2.18. The van der Waals surface area contributed by atoms with Crippen LogP contribution in [0.25, 0.3) is 22.3 Å². The Labute approximate surface area is 147 Å². The van der Waals surface area contributed by atoms with Crippen LogP contribution in [0.15, 0.2) is 41.6 Å². The van der Waals surface area contributed by atoms with Crippen molar-refractivity contribution in [2.24, 2.45) is 7.05 Å². The first-order valence-electron chi connectivity index (χ1n) is 7.59. The van der Waals surface area contributed by atoms with Crippen LogP contribution < -0.4 is 10.9 Å². The molecular formula is C17H14ClN5O2. The smallest absolute Gasteiger partial charge is 0.295 e. The molecule has 0 aliphatic carbocycles. The molecule has 0 spiro atoms. The van der Waals surface area contributed by atoms with Crippen molar-refractivity contribution in [1.29, 1.82) is 0 Å². The Morgan fingerprint density at radius 2 is 2.16 bits per heavy atom. The number of fused-ring (bicyclic) bond motifs is 1. The second-order valence-electron chi connectivity index (χ2n) is 5.66. The van der Waals surface area contributed by atoms with Gasteiger partial charge in [0.1, 0.15) is 11.5 Å². The van der Waals surface area contributed by atoms with Crippen LogP contribution in [0.5, 0.6) is 5.75 Å². The van der Waals surface area contributed by atoms with Crippen LogP contribution in [0.2, 0.25) is 5.02 Å².